The number of rotatable bonds is 5. The molecule has 0 saturated carbocycles. The molecule has 0 spiro atoms. The molecule has 3 N–H and O–H groups in total. The Morgan fingerprint density at radius 2 is 1.89 bits per heavy atom. The van der Waals surface area contributed by atoms with Gasteiger partial charge in [-0.05, 0) is 24.0 Å². The highest BCUT2D eigenvalue weighted by atomic mass is 35.5. The summed E-state index contributed by atoms with van der Waals surface area (Å²) in [6.45, 7) is 0.392. The predicted molar refractivity (Wildman–Crippen MR) is 116 cm³/mol. The van der Waals surface area contributed by atoms with Crippen molar-refractivity contribution in [2.45, 2.75) is 11.8 Å². The van der Waals surface area contributed by atoms with Gasteiger partial charge in [-0.3, -0.25) is 0 Å². The molecule has 0 radical (unpaired) electrons. The highest BCUT2D eigenvalue weighted by Gasteiger charge is 2.18. The Morgan fingerprint density at radius 3 is 2.64 bits per heavy atom. The molecule has 0 fully saturated rings. The summed E-state index contributed by atoms with van der Waals surface area (Å²) in [5.41, 5.74) is 9.71. The lowest BCUT2D eigenvalue weighted by molar-refractivity contribution is 0.306. The van der Waals surface area contributed by atoms with E-state index in [0.717, 1.165) is 10.9 Å². The van der Waals surface area contributed by atoms with Crippen LogP contribution in [0.15, 0.2) is 53.8 Å². The third-order valence-electron chi connectivity index (χ3n) is 4.24. The zero-order chi connectivity index (χ0) is 19.7. The third kappa shape index (κ3) is 3.63. The van der Waals surface area contributed by atoms with Crippen molar-refractivity contribution in [2.24, 2.45) is 0 Å². The highest BCUT2D eigenvalue weighted by Crippen LogP contribution is 2.40. The van der Waals surface area contributed by atoms with Crippen molar-refractivity contribution < 1.29 is 4.74 Å². The van der Waals surface area contributed by atoms with Gasteiger partial charge in [-0.15, -0.1) is 0 Å². The third-order valence-corrected chi connectivity index (χ3v) is 5.39. The molecule has 0 bridgehead atoms. The normalized spacial score (nSPS) is 11.1. The van der Waals surface area contributed by atoms with E-state index >= 15 is 0 Å². The first-order chi connectivity index (χ1) is 13.6. The number of aromatic amines is 1. The summed E-state index contributed by atoms with van der Waals surface area (Å²) in [6, 6.07) is 13.3. The molecular formula is C20H16Cl2N4OS. The number of nitrogen functional groups attached to an aromatic ring is 1. The molecule has 5 nitrogen and oxygen atoms in total. The molecule has 2 heterocycles. The minimum Gasteiger partial charge on any atom is -0.487 e. The Kier molecular flexibility index (Phi) is 5.35. The van der Waals surface area contributed by atoms with Crippen molar-refractivity contribution in [1.82, 2.24) is 15.0 Å². The van der Waals surface area contributed by atoms with Crippen molar-refractivity contribution >= 4 is 51.7 Å². The number of aromatic nitrogens is 3. The van der Waals surface area contributed by atoms with Crippen molar-refractivity contribution in [3.05, 3.63) is 64.3 Å². The first-order valence-corrected chi connectivity index (χ1v) is 10.4. The van der Waals surface area contributed by atoms with Crippen molar-refractivity contribution in [3.8, 4) is 17.0 Å². The SMILES string of the molecule is CSc1nc(-c2cc(OCc3ccccc3)c(Cl)cc2Cl)c2c(N)c[nH]c2n1. The minimum atomic E-state index is 0.392. The van der Waals surface area contributed by atoms with Gasteiger partial charge in [-0.25, -0.2) is 9.97 Å². The van der Waals surface area contributed by atoms with E-state index in [9.17, 15) is 0 Å². The maximum atomic E-state index is 6.51. The van der Waals surface area contributed by atoms with E-state index in [4.69, 9.17) is 33.7 Å². The average molecular weight is 431 g/mol. The molecule has 28 heavy (non-hydrogen) atoms. The number of benzene rings is 2. The van der Waals surface area contributed by atoms with Gasteiger partial charge in [-0.1, -0.05) is 65.3 Å². The lowest BCUT2D eigenvalue weighted by Gasteiger charge is -2.13. The quantitative estimate of drug-likeness (QED) is 0.308. The number of ether oxygens (including phenoxy) is 1. The lowest BCUT2D eigenvalue weighted by atomic mass is 10.1. The van der Waals surface area contributed by atoms with E-state index in [1.54, 1.807) is 18.3 Å². The van der Waals surface area contributed by atoms with Crippen LogP contribution in [0.4, 0.5) is 5.69 Å². The van der Waals surface area contributed by atoms with Crippen molar-refractivity contribution in [1.29, 1.82) is 0 Å². The lowest BCUT2D eigenvalue weighted by Crippen LogP contribution is -1.98. The monoisotopic (exact) mass is 430 g/mol. The number of hydrogen-bond acceptors (Lipinski definition) is 5. The van der Waals surface area contributed by atoms with Gasteiger partial charge in [0.2, 0.25) is 0 Å². The predicted octanol–water partition coefficient (Wildman–Crippen LogP) is 5.81. The van der Waals surface area contributed by atoms with Crippen LogP contribution < -0.4 is 10.5 Å². The molecule has 0 saturated heterocycles. The zero-order valence-electron chi connectivity index (χ0n) is 14.9. The van der Waals surface area contributed by atoms with E-state index in [2.05, 4.69) is 15.0 Å². The van der Waals surface area contributed by atoms with Gasteiger partial charge in [-0.2, -0.15) is 0 Å². The van der Waals surface area contributed by atoms with E-state index in [1.807, 2.05) is 36.6 Å². The number of nitrogens with two attached hydrogens (primary N) is 1. The summed E-state index contributed by atoms with van der Waals surface area (Å²) in [5.74, 6) is 0.525. The van der Waals surface area contributed by atoms with Gasteiger partial charge in [0.25, 0.3) is 0 Å². The summed E-state index contributed by atoms with van der Waals surface area (Å²) in [4.78, 5) is 12.2. The van der Waals surface area contributed by atoms with Gasteiger partial charge in [0.1, 0.15) is 18.0 Å². The molecule has 0 unspecified atom stereocenters. The second-order valence-corrected chi connectivity index (χ2v) is 7.65. The van der Waals surface area contributed by atoms with Crippen LogP contribution in [0.3, 0.4) is 0 Å². The van der Waals surface area contributed by atoms with E-state index in [-0.39, 0.29) is 0 Å². The molecule has 2 aromatic heterocycles. The fourth-order valence-corrected chi connectivity index (χ4v) is 3.77. The standard InChI is InChI=1S/C20H16Cl2N4OS/c1-28-20-25-18(17-15(23)9-24-19(17)26-20)12-7-16(14(22)8-13(12)21)27-10-11-5-3-2-4-6-11/h2-9H,10,23H2,1H3,(H,24,25,26). The number of halogens is 2. The largest absolute Gasteiger partial charge is 0.487 e. The van der Waals surface area contributed by atoms with Gasteiger partial charge in [0, 0.05) is 11.8 Å². The second kappa shape index (κ2) is 7.91. The van der Waals surface area contributed by atoms with Crippen molar-refractivity contribution in [2.75, 3.05) is 12.0 Å². The number of hydrogen-bond donors (Lipinski definition) is 2. The van der Waals surface area contributed by atoms with Crippen molar-refractivity contribution in [3.63, 3.8) is 0 Å². The van der Waals surface area contributed by atoms with Gasteiger partial charge in [0.05, 0.1) is 26.8 Å². The Balaban J connectivity index is 1.80. The maximum Gasteiger partial charge on any atom is 0.189 e. The number of fused-ring (bicyclic) bond motifs is 1. The number of thioether (sulfide) groups is 1. The molecule has 2 aromatic carbocycles. The number of H-pyrrole nitrogens is 1. The molecule has 8 heteroatoms. The summed E-state index contributed by atoms with van der Waals surface area (Å²) in [5, 5.41) is 2.23. The van der Waals surface area contributed by atoms with Crippen LogP contribution >= 0.6 is 35.0 Å². The molecule has 0 aliphatic rings. The van der Waals surface area contributed by atoms with Crippen LogP contribution in [0.1, 0.15) is 5.56 Å². The number of nitrogens with one attached hydrogen (secondary N) is 1. The highest BCUT2D eigenvalue weighted by molar-refractivity contribution is 7.98. The van der Waals surface area contributed by atoms with Gasteiger partial charge < -0.3 is 15.5 Å². The Morgan fingerprint density at radius 1 is 1.11 bits per heavy atom. The Hall–Kier alpha value is -2.41. The summed E-state index contributed by atoms with van der Waals surface area (Å²) in [6.07, 6.45) is 3.61. The molecule has 0 amide bonds. The molecule has 0 aliphatic carbocycles. The Labute approximate surface area is 176 Å². The van der Waals surface area contributed by atoms with Crippen LogP contribution in [-0.2, 0) is 6.61 Å². The fraction of sp³-hybridized carbons (Fsp3) is 0.100. The smallest absolute Gasteiger partial charge is 0.189 e. The maximum absolute atomic E-state index is 6.51. The second-order valence-electron chi connectivity index (χ2n) is 6.06. The average Bonchev–Trinajstić information content (AvgIpc) is 3.08. The molecule has 142 valence electrons. The Bertz CT molecular complexity index is 1150. The summed E-state index contributed by atoms with van der Waals surface area (Å²) >= 11 is 14.3. The summed E-state index contributed by atoms with van der Waals surface area (Å²) in [7, 11) is 0. The topological polar surface area (TPSA) is 76.8 Å². The van der Waals surface area contributed by atoms with Gasteiger partial charge in [0.15, 0.2) is 5.16 Å². The molecular weight excluding hydrogens is 415 g/mol. The minimum absolute atomic E-state index is 0.392. The van der Waals surface area contributed by atoms with E-state index in [0.29, 0.717) is 50.2 Å². The number of nitrogens with zero attached hydrogens (tertiary/aromatic N) is 2. The first-order valence-electron chi connectivity index (χ1n) is 8.41. The van der Waals surface area contributed by atoms with E-state index < -0.39 is 0 Å². The van der Waals surface area contributed by atoms with Crippen LogP contribution in [0.5, 0.6) is 5.75 Å². The van der Waals surface area contributed by atoms with Crippen LogP contribution in [-0.4, -0.2) is 21.2 Å². The zero-order valence-corrected chi connectivity index (χ0v) is 17.2. The van der Waals surface area contributed by atoms with Gasteiger partial charge >= 0.3 is 0 Å². The van der Waals surface area contributed by atoms with E-state index in [1.165, 1.54) is 11.8 Å². The molecule has 4 rings (SSSR count). The van der Waals surface area contributed by atoms with Crippen LogP contribution in [0, 0.1) is 0 Å². The molecule has 4 aromatic rings. The summed E-state index contributed by atoms with van der Waals surface area (Å²) < 4.78 is 5.94. The fourth-order valence-electron chi connectivity index (χ4n) is 2.88. The van der Waals surface area contributed by atoms with Crippen LogP contribution in [0.25, 0.3) is 22.3 Å². The van der Waals surface area contributed by atoms with Crippen LogP contribution in [0.2, 0.25) is 10.0 Å². The molecule has 0 atom stereocenters. The first kappa shape index (κ1) is 18.9. The molecule has 0 aliphatic heterocycles. The number of anilines is 1.